The molecule has 0 saturated carbocycles. The van der Waals surface area contributed by atoms with E-state index in [-0.39, 0.29) is 29.8 Å². The van der Waals surface area contributed by atoms with Crippen LogP contribution in [0, 0.1) is 12.7 Å². The van der Waals surface area contributed by atoms with Gasteiger partial charge in [0.05, 0.1) is 16.3 Å². The van der Waals surface area contributed by atoms with Crippen LogP contribution in [0.2, 0.25) is 0 Å². The van der Waals surface area contributed by atoms with Crippen LogP contribution in [-0.4, -0.2) is 39.1 Å². The van der Waals surface area contributed by atoms with E-state index in [2.05, 4.69) is 10.1 Å². The van der Waals surface area contributed by atoms with Gasteiger partial charge in [-0.3, -0.25) is 9.78 Å². The molecule has 3 aromatic heterocycles. The molecule has 2 bridgehead atoms. The first-order chi connectivity index (χ1) is 16.0. The molecule has 4 aromatic rings. The maximum absolute atomic E-state index is 15.3. The molecule has 1 aromatic carbocycles. The summed E-state index contributed by atoms with van der Waals surface area (Å²) in [7, 11) is 0. The second kappa shape index (κ2) is 7.74. The number of fused-ring (bicyclic) bond motifs is 3. The number of aromatic nitrogens is 2. The first kappa shape index (κ1) is 20.5. The topological polar surface area (TPSA) is 85.2 Å². The summed E-state index contributed by atoms with van der Waals surface area (Å²) in [4.78, 5) is 21.4. The molecule has 6 nitrogen and oxygen atoms in total. The number of amides is 1. The summed E-state index contributed by atoms with van der Waals surface area (Å²) < 4.78 is 20.7. The quantitative estimate of drug-likeness (QED) is 0.455. The maximum Gasteiger partial charge on any atom is 0.264 e. The van der Waals surface area contributed by atoms with Crippen molar-refractivity contribution in [3.05, 3.63) is 59.0 Å². The molecule has 8 heteroatoms. The Morgan fingerprint density at radius 3 is 2.70 bits per heavy atom. The highest BCUT2D eigenvalue weighted by atomic mass is 32.1. The van der Waals surface area contributed by atoms with Gasteiger partial charge in [0, 0.05) is 45.7 Å². The van der Waals surface area contributed by atoms with Crippen molar-refractivity contribution in [2.45, 2.75) is 50.7 Å². The van der Waals surface area contributed by atoms with Gasteiger partial charge in [-0.2, -0.15) is 0 Å². The largest absolute Gasteiger partial charge is 0.356 e. The normalized spacial score (nSPS) is 22.3. The second-order valence-electron chi connectivity index (χ2n) is 8.99. The van der Waals surface area contributed by atoms with Crippen LogP contribution in [0.15, 0.2) is 47.1 Å². The molecule has 2 saturated heterocycles. The Bertz CT molecular complexity index is 1350. The predicted molar refractivity (Wildman–Crippen MR) is 125 cm³/mol. The number of nitrogens with zero attached hydrogens (tertiary/aromatic N) is 3. The van der Waals surface area contributed by atoms with Crippen LogP contribution < -0.4 is 5.73 Å². The Kier molecular flexibility index (Phi) is 4.81. The van der Waals surface area contributed by atoms with E-state index < -0.39 is 0 Å². The van der Waals surface area contributed by atoms with Crippen LogP contribution in [0.1, 0.15) is 41.0 Å². The monoisotopic (exact) mass is 462 g/mol. The zero-order valence-electron chi connectivity index (χ0n) is 18.1. The van der Waals surface area contributed by atoms with Crippen LogP contribution in [0.4, 0.5) is 4.39 Å². The number of rotatable bonds is 3. The van der Waals surface area contributed by atoms with Gasteiger partial charge in [0.2, 0.25) is 0 Å². The summed E-state index contributed by atoms with van der Waals surface area (Å²) in [5.74, 6) is -0.379. The summed E-state index contributed by atoms with van der Waals surface area (Å²) >= 11 is 1.31. The number of thiophene rings is 1. The number of hydrogen-bond donors (Lipinski definition) is 1. The number of pyridine rings is 1. The molecule has 33 heavy (non-hydrogen) atoms. The van der Waals surface area contributed by atoms with Gasteiger partial charge in [0.15, 0.2) is 5.58 Å². The molecule has 168 valence electrons. The van der Waals surface area contributed by atoms with Crippen molar-refractivity contribution in [3.8, 4) is 21.7 Å². The molecule has 2 atom stereocenters. The van der Waals surface area contributed by atoms with E-state index >= 15 is 4.39 Å². The van der Waals surface area contributed by atoms with E-state index in [4.69, 9.17) is 10.3 Å². The molecule has 5 heterocycles. The van der Waals surface area contributed by atoms with Gasteiger partial charge in [-0.15, -0.1) is 11.3 Å². The summed E-state index contributed by atoms with van der Waals surface area (Å²) in [5.41, 5.74) is 9.17. The van der Waals surface area contributed by atoms with Crippen LogP contribution in [0.5, 0.6) is 0 Å². The number of carbonyl (C=O) groups is 1. The van der Waals surface area contributed by atoms with Crippen molar-refractivity contribution in [2.75, 3.05) is 0 Å². The SMILES string of the molecule is Cc1noc2cc(-c3sc(C(=O)N4C5CCC4CC(N)C5)cc3-c3ccccn3)c(F)cc12. The highest BCUT2D eigenvalue weighted by molar-refractivity contribution is 7.18. The van der Waals surface area contributed by atoms with E-state index in [0.717, 1.165) is 31.2 Å². The molecular weight excluding hydrogens is 439 g/mol. The van der Waals surface area contributed by atoms with E-state index in [9.17, 15) is 4.79 Å². The molecule has 2 aliphatic heterocycles. The van der Waals surface area contributed by atoms with E-state index in [1.807, 2.05) is 29.2 Å². The number of aryl methyl sites for hydroxylation is 1. The van der Waals surface area contributed by atoms with Crippen molar-refractivity contribution in [2.24, 2.45) is 5.73 Å². The third-order valence-corrected chi connectivity index (χ3v) is 8.03. The Morgan fingerprint density at radius 2 is 1.97 bits per heavy atom. The van der Waals surface area contributed by atoms with Gasteiger partial charge in [-0.1, -0.05) is 11.2 Å². The molecular formula is C25H23FN4O2S. The standard InChI is InChI=1S/C25H23FN4O2S/c1-13-17-10-20(26)18(11-22(17)32-29-13)24-19(21-4-2-3-7-28-21)12-23(33-24)25(31)30-15-5-6-16(30)9-14(27)8-15/h2-4,7,10-12,14-16H,5-6,8-9,27H2,1H3. The molecule has 0 spiro atoms. The minimum Gasteiger partial charge on any atom is -0.356 e. The summed E-state index contributed by atoms with van der Waals surface area (Å²) in [6.07, 6.45) is 5.36. The lowest BCUT2D eigenvalue weighted by Crippen LogP contribution is -2.49. The lowest BCUT2D eigenvalue weighted by Gasteiger charge is -2.37. The highest BCUT2D eigenvalue weighted by Gasteiger charge is 2.43. The van der Waals surface area contributed by atoms with E-state index in [0.29, 0.717) is 37.7 Å². The summed E-state index contributed by atoms with van der Waals surface area (Å²) in [5, 5.41) is 4.60. The Morgan fingerprint density at radius 1 is 1.18 bits per heavy atom. The Labute approximate surface area is 194 Å². The van der Waals surface area contributed by atoms with Crippen molar-refractivity contribution in [1.82, 2.24) is 15.0 Å². The highest BCUT2D eigenvalue weighted by Crippen LogP contribution is 2.43. The molecule has 2 fully saturated rings. The Balaban J connectivity index is 1.48. The average molecular weight is 463 g/mol. The summed E-state index contributed by atoms with van der Waals surface area (Å²) in [6.45, 7) is 1.78. The van der Waals surface area contributed by atoms with Gasteiger partial charge in [0.1, 0.15) is 5.82 Å². The lowest BCUT2D eigenvalue weighted by atomic mass is 9.98. The van der Waals surface area contributed by atoms with Gasteiger partial charge in [-0.05, 0) is 62.9 Å². The maximum atomic E-state index is 15.3. The zero-order valence-corrected chi connectivity index (χ0v) is 18.9. The van der Waals surface area contributed by atoms with Crippen molar-refractivity contribution in [1.29, 1.82) is 0 Å². The fraction of sp³-hybridized carbons (Fsp3) is 0.320. The number of hydrogen-bond acceptors (Lipinski definition) is 6. The summed E-state index contributed by atoms with van der Waals surface area (Å²) in [6, 6.07) is 11.1. The van der Waals surface area contributed by atoms with E-state index in [1.54, 1.807) is 19.2 Å². The van der Waals surface area contributed by atoms with Crippen molar-refractivity contribution in [3.63, 3.8) is 0 Å². The van der Waals surface area contributed by atoms with Crippen LogP contribution in [0.3, 0.4) is 0 Å². The van der Waals surface area contributed by atoms with Gasteiger partial charge in [-0.25, -0.2) is 4.39 Å². The van der Waals surface area contributed by atoms with Crippen molar-refractivity contribution >= 4 is 28.2 Å². The predicted octanol–water partition coefficient (Wildman–Crippen LogP) is 5.16. The fourth-order valence-corrected chi connectivity index (χ4v) is 6.47. The van der Waals surface area contributed by atoms with Crippen LogP contribution in [-0.2, 0) is 0 Å². The van der Waals surface area contributed by atoms with Gasteiger partial charge >= 0.3 is 0 Å². The fourth-order valence-electron chi connectivity index (χ4n) is 5.34. The number of carbonyl (C=O) groups excluding carboxylic acids is 1. The first-order valence-electron chi connectivity index (χ1n) is 11.2. The Hall–Kier alpha value is -3.10. The zero-order chi connectivity index (χ0) is 22.7. The molecule has 0 radical (unpaired) electrons. The molecule has 1 amide bonds. The molecule has 2 aliphatic rings. The molecule has 6 rings (SSSR count). The third-order valence-electron chi connectivity index (χ3n) is 6.87. The molecule has 0 aliphatic carbocycles. The minimum atomic E-state index is -0.379. The first-order valence-corrected chi connectivity index (χ1v) is 12.0. The number of piperidine rings is 1. The minimum absolute atomic E-state index is 0.000160. The van der Waals surface area contributed by atoms with Crippen LogP contribution in [0.25, 0.3) is 32.7 Å². The molecule has 2 N–H and O–H groups in total. The molecule has 2 unspecified atom stereocenters. The van der Waals surface area contributed by atoms with Crippen molar-refractivity contribution < 1.29 is 13.7 Å². The average Bonchev–Trinajstić information content (AvgIpc) is 3.48. The third kappa shape index (κ3) is 3.36. The lowest BCUT2D eigenvalue weighted by molar-refractivity contribution is 0.0580. The van der Waals surface area contributed by atoms with Gasteiger partial charge < -0.3 is 15.2 Å². The number of benzene rings is 1. The number of nitrogens with two attached hydrogens (primary N) is 1. The van der Waals surface area contributed by atoms with E-state index in [1.165, 1.54) is 17.4 Å². The number of halogens is 1. The smallest absolute Gasteiger partial charge is 0.264 e. The second-order valence-corrected chi connectivity index (χ2v) is 10.0. The van der Waals surface area contributed by atoms with Crippen LogP contribution >= 0.6 is 11.3 Å². The van der Waals surface area contributed by atoms with Gasteiger partial charge in [0.25, 0.3) is 5.91 Å².